The average Bonchev–Trinajstić information content (AvgIpc) is 2.60. The van der Waals surface area contributed by atoms with E-state index in [4.69, 9.17) is 5.11 Å². The predicted octanol–water partition coefficient (Wildman–Crippen LogP) is 0.353. The fourth-order valence-electron chi connectivity index (χ4n) is 2.59. The Hall–Kier alpha value is -2.90. The zero-order valence-corrected chi connectivity index (χ0v) is 13.6. The first-order chi connectivity index (χ1) is 11.8. The first kappa shape index (κ1) is 18.4. The van der Waals surface area contributed by atoms with Crippen LogP contribution in [0.25, 0.3) is 0 Å². The van der Waals surface area contributed by atoms with Gasteiger partial charge >= 0.3 is 11.9 Å². The maximum atomic E-state index is 12.6. The molecule has 0 spiro atoms. The summed E-state index contributed by atoms with van der Waals surface area (Å²) in [5.41, 5.74) is 1.32. The summed E-state index contributed by atoms with van der Waals surface area (Å²) in [6, 6.07) is 4.56. The van der Waals surface area contributed by atoms with Gasteiger partial charge in [-0.05, 0) is 11.6 Å². The van der Waals surface area contributed by atoms with Crippen molar-refractivity contribution in [2.24, 2.45) is 0 Å². The van der Waals surface area contributed by atoms with Crippen LogP contribution >= 0.6 is 0 Å². The van der Waals surface area contributed by atoms with Crippen molar-refractivity contribution in [1.29, 1.82) is 0 Å². The van der Waals surface area contributed by atoms with Gasteiger partial charge in [0, 0.05) is 6.92 Å². The van der Waals surface area contributed by atoms with Crippen LogP contribution in [-0.4, -0.2) is 58.2 Å². The van der Waals surface area contributed by atoms with Gasteiger partial charge in [0.05, 0.1) is 18.4 Å². The minimum Gasteiger partial charge on any atom is -0.481 e. The highest BCUT2D eigenvalue weighted by atomic mass is 19.1. The minimum absolute atomic E-state index is 0.365. The molecule has 0 saturated heterocycles. The summed E-state index contributed by atoms with van der Waals surface area (Å²) in [7, 11) is 0. The lowest BCUT2D eigenvalue weighted by molar-refractivity contribution is -0.451. The molecule has 0 bridgehead atoms. The molecule has 1 aromatic carbocycles. The molecule has 2 amide bonds. The molecule has 8 heteroatoms. The molecule has 0 radical (unpaired) electrons. The number of Topliss-reactive ketones (excluding diaryl/α,β-unsaturated/α-hetero) is 1. The first-order valence-electron chi connectivity index (χ1n) is 7.70. The van der Waals surface area contributed by atoms with Crippen LogP contribution in [0.3, 0.4) is 0 Å². The van der Waals surface area contributed by atoms with Crippen molar-refractivity contribution in [2.45, 2.75) is 31.8 Å². The maximum absolute atomic E-state index is 12.6. The molecular formula is C17H18FN2O5+. The normalized spacial score (nSPS) is 15.6. The zero-order valence-electron chi connectivity index (χ0n) is 13.6. The van der Waals surface area contributed by atoms with Gasteiger partial charge in [0.25, 0.3) is 5.91 Å². The third-order valence-corrected chi connectivity index (χ3v) is 4.00. The number of carbonyl (C=O) groups excluding carboxylic acids is 3. The Labute approximate surface area is 143 Å². The molecule has 0 saturated carbocycles. The van der Waals surface area contributed by atoms with E-state index >= 15 is 0 Å². The van der Waals surface area contributed by atoms with Gasteiger partial charge in [-0.2, -0.15) is 4.58 Å². The van der Waals surface area contributed by atoms with E-state index in [9.17, 15) is 23.6 Å². The van der Waals surface area contributed by atoms with Gasteiger partial charge < -0.3 is 10.4 Å². The molecule has 7 nitrogen and oxygen atoms in total. The Morgan fingerprint density at radius 2 is 2.00 bits per heavy atom. The zero-order chi connectivity index (χ0) is 18.6. The number of hydrogen-bond acceptors (Lipinski definition) is 4. The number of nitrogens with one attached hydrogen (secondary N) is 1. The van der Waals surface area contributed by atoms with Crippen molar-refractivity contribution in [3.05, 3.63) is 35.4 Å². The van der Waals surface area contributed by atoms with Crippen LogP contribution in [-0.2, 0) is 20.8 Å². The third kappa shape index (κ3) is 4.14. The van der Waals surface area contributed by atoms with Gasteiger partial charge in [0.15, 0.2) is 12.0 Å². The third-order valence-electron chi connectivity index (χ3n) is 4.00. The Balaban J connectivity index is 2.14. The lowest BCUT2D eigenvalue weighted by atomic mass is 10.0. The molecule has 1 aromatic rings. The van der Waals surface area contributed by atoms with Crippen molar-refractivity contribution in [1.82, 2.24) is 5.32 Å². The lowest BCUT2D eigenvalue weighted by Gasteiger charge is -2.18. The molecule has 1 unspecified atom stereocenters. The van der Waals surface area contributed by atoms with Crippen LogP contribution in [0.5, 0.6) is 0 Å². The summed E-state index contributed by atoms with van der Waals surface area (Å²) in [5, 5.41) is 11.0. The number of halogens is 1. The van der Waals surface area contributed by atoms with Crippen LogP contribution in [0, 0.1) is 0 Å². The molecular weight excluding hydrogens is 331 g/mol. The molecule has 0 fully saturated rings. The van der Waals surface area contributed by atoms with Crippen molar-refractivity contribution in [2.75, 3.05) is 6.67 Å². The topological polar surface area (TPSA) is 104 Å². The highest BCUT2D eigenvalue weighted by Gasteiger charge is 2.36. The number of benzene rings is 1. The van der Waals surface area contributed by atoms with E-state index in [2.05, 4.69) is 5.32 Å². The molecule has 25 heavy (non-hydrogen) atoms. The summed E-state index contributed by atoms with van der Waals surface area (Å²) >= 11 is 0. The van der Waals surface area contributed by atoms with Crippen LogP contribution in [0.4, 0.5) is 4.39 Å². The molecule has 2 N–H and O–H groups in total. The largest absolute Gasteiger partial charge is 0.481 e. The summed E-state index contributed by atoms with van der Waals surface area (Å²) in [6.07, 6.45) is 1.31. The fraction of sp³-hybridized carbons (Fsp3) is 0.353. The van der Waals surface area contributed by atoms with Crippen LogP contribution < -0.4 is 5.32 Å². The number of carbonyl (C=O) groups is 4. The number of aliphatic carboxylic acids is 1. The van der Waals surface area contributed by atoms with Gasteiger partial charge in [-0.25, -0.2) is 9.18 Å². The highest BCUT2D eigenvalue weighted by molar-refractivity contribution is 5.97. The first-order valence-corrected chi connectivity index (χ1v) is 7.70. The Bertz CT molecular complexity index is 759. The van der Waals surface area contributed by atoms with E-state index in [1.54, 1.807) is 18.3 Å². The number of ketones is 1. The fourth-order valence-corrected chi connectivity index (χ4v) is 2.59. The number of amides is 2. The molecule has 0 aliphatic carbocycles. The second-order valence-electron chi connectivity index (χ2n) is 5.69. The van der Waals surface area contributed by atoms with E-state index in [1.807, 2.05) is 12.1 Å². The van der Waals surface area contributed by atoms with E-state index in [-0.39, 0.29) is 5.91 Å². The van der Waals surface area contributed by atoms with E-state index in [0.29, 0.717) is 12.0 Å². The minimum atomic E-state index is -1.47. The summed E-state index contributed by atoms with van der Waals surface area (Å²) in [5.74, 6) is -3.45. The van der Waals surface area contributed by atoms with Crippen LogP contribution in [0.1, 0.15) is 29.3 Å². The molecule has 132 valence electrons. The number of hydrogen-bond donors (Lipinski definition) is 2. The van der Waals surface area contributed by atoms with Crippen LogP contribution in [0.15, 0.2) is 24.3 Å². The molecule has 1 aliphatic heterocycles. The maximum Gasteiger partial charge on any atom is 0.420 e. The molecule has 2 rings (SSSR count). The second kappa shape index (κ2) is 7.78. The smallest absolute Gasteiger partial charge is 0.420 e. The van der Waals surface area contributed by atoms with Crippen LogP contribution in [0.2, 0.25) is 0 Å². The quantitative estimate of drug-likeness (QED) is 0.692. The van der Waals surface area contributed by atoms with Crippen molar-refractivity contribution in [3.8, 4) is 0 Å². The van der Waals surface area contributed by atoms with Gasteiger partial charge in [0.2, 0.25) is 6.04 Å². The Kier molecular flexibility index (Phi) is 5.74. The van der Waals surface area contributed by atoms with E-state index in [0.717, 1.165) is 5.56 Å². The van der Waals surface area contributed by atoms with Gasteiger partial charge in [0.1, 0.15) is 12.7 Å². The molecule has 2 atom stereocenters. The Morgan fingerprint density at radius 3 is 2.64 bits per heavy atom. The number of alkyl halides is 1. The Morgan fingerprint density at radius 1 is 1.32 bits per heavy atom. The highest BCUT2D eigenvalue weighted by Crippen LogP contribution is 2.15. The van der Waals surface area contributed by atoms with Crippen molar-refractivity contribution in [3.63, 3.8) is 0 Å². The van der Waals surface area contributed by atoms with E-state index < -0.39 is 42.8 Å². The molecule has 1 heterocycles. The number of carboxylic acids is 1. The molecule has 0 aromatic heterocycles. The van der Waals surface area contributed by atoms with Crippen molar-refractivity contribution < 1.29 is 33.3 Å². The summed E-state index contributed by atoms with van der Waals surface area (Å²) < 4.78 is 13.8. The standard InChI is InChI=1S/C17H17FN2O5/c1-10(16(24)19-13(8-15(22)23)14(21)9-18)20-7-6-11-4-2-3-5-12(11)17(20)25/h2-5,7,10,13H,6,8-9H2,1H3,(H-,19,22,23,24)/p+1/t10-,13?/m0/s1. The number of carboxylic acid groups (broad SMARTS) is 1. The molecule has 1 aliphatic rings. The SMILES string of the molecule is C[C@@H](C(=O)NC(CC(=O)O)C(=O)CF)[N+]1=CCc2ccccc2C1=O. The average molecular weight is 349 g/mol. The monoisotopic (exact) mass is 349 g/mol. The van der Waals surface area contributed by atoms with Gasteiger partial charge in [-0.15, -0.1) is 0 Å². The number of rotatable bonds is 7. The lowest BCUT2D eigenvalue weighted by Crippen LogP contribution is -2.51. The van der Waals surface area contributed by atoms with E-state index in [1.165, 1.54) is 11.5 Å². The van der Waals surface area contributed by atoms with Gasteiger partial charge in [-0.3, -0.25) is 14.4 Å². The summed E-state index contributed by atoms with van der Waals surface area (Å²) in [6.45, 7) is 0.0736. The number of nitrogens with zero attached hydrogens (tertiary/aromatic N) is 1. The van der Waals surface area contributed by atoms with Crippen molar-refractivity contribution >= 4 is 29.8 Å². The predicted molar refractivity (Wildman–Crippen MR) is 85.4 cm³/mol. The second-order valence-corrected chi connectivity index (χ2v) is 5.69. The van der Waals surface area contributed by atoms with Gasteiger partial charge in [-0.1, -0.05) is 18.2 Å². The summed E-state index contributed by atoms with van der Waals surface area (Å²) in [4.78, 5) is 47.1. The number of fused-ring (bicyclic) bond motifs is 1.